The van der Waals surface area contributed by atoms with Crippen molar-refractivity contribution in [1.29, 1.82) is 0 Å². The molecule has 0 spiro atoms. The Bertz CT molecular complexity index is 420. The first-order valence-electron chi connectivity index (χ1n) is 16.9. The van der Waals surface area contributed by atoms with Crippen LogP contribution in [0.3, 0.4) is 0 Å². The van der Waals surface area contributed by atoms with Gasteiger partial charge in [-0.3, -0.25) is 0 Å². The summed E-state index contributed by atoms with van der Waals surface area (Å²) in [5, 5.41) is -0.0991. The zero-order valence-electron chi connectivity index (χ0n) is 27.3. The molecule has 0 saturated carbocycles. The molecule has 0 atom stereocenters. The maximum absolute atomic E-state index is 6.90. The standard InChI is InChI=1S/C31H68O6Si2/c1-8-15-22-23-24-31(38(32-25-16-9-2,33-26-17-10-3)34-27-18-11-4)39(35-28-19-12-5,36-29-20-13-6)37-30-21-14-7/h31H,8-30H2,1-7H3. The maximum Gasteiger partial charge on any atom is 0.508 e. The van der Waals surface area contributed by atoms with Gasteiger partial charge in [0.1, 0.15) is 0 Å². The van der Waals surface area contributed by atoms with Crippen LogP contribution in [0.4, 0.5) is 0 Å². The summed E-state index contributed by atoms with van der Waals surface area (Å²) in [6.07, 6.45) is 18.0. The number of unbranched alkanes of at least 4 members (excludes halogenated alkanes) is 9. The SMILES string of the molecule is CCCCCCC([Si](OCCCC)(OCCCC)OCCCC)[Si](OCCCC)(OCCCC)OCCCC. The van der Waals surface area contributed by atoms with E-state index in [2.05, 4.69) is 48.5 Å². The van der Waals surface area contributed by atoms with Gasteiger partial charge in [0, 0.05) is 39.6 Å². The molecule has 0 aromatic carbocycles. The molecule has 0 aliphatic carbocycles. The van der Waals surface area contributed by atoms with E-state index < -0.39 is 17.6 Å². The molecule has 236 valence electrons. The smallest absolute Gasteiger partial charge is 0.373 e. The largest absolute Gasteiger partial charge is 0.508 e. The van der Waals surface area contributed by atoms with Crippen molar-refractivity contribution >= 4 is 17.6 Å². The number of hydrogen-bond acceptors (Lipinski definition) is 6. The van der Waals surface area contributed by atoms with E-state index in [0.29, 0.717) is 39.6 Å². The van der Waals surface area contributed by atoms with Crippen LogP contribution in [-0.4, -0.2) is 57.3 Å². The molecular formula is C31H68O6Si2. The van der Waals surface area contributed by atoms with Crippen molar-refractivity contribution in [2.75, 3.05) is 39.6 Å². The summed E-state index contributed by atoms with van der Waals surface area (Å²) in [6.45, 7) is 19.4. The Kier molecular flexibility index (Phi) is 27.2. The van der Waals surface area contributed by atoms with Gasteiger partial charge in [0.15, 0.2) is 0 Å². The average Bonchev–Trinajstić information content (AvgIpc) is 2.93. The Hall–Kier alpha value is 0.194. The third-order valence-corrected chi connectivity index (χ3v) is 15.1. The summed E-state index contributed by atoms with van der Waals surface area (Å²) in [5.74, 6) is 0. The minimum atomic E-state index is -3.23. The number of rotatable bonds is 31. The molecule has 0 aliphatic rings. The lowest BCUT2D eigenvalue weighted by Gasteiger charge is -2.43. The van der Waals surface area contributed by atoms with E-state index in [0.717, 1.165) is 89.9 Å². The van der Waals surface area contributed by atoms with Gasteiger partial charge >= 0.3 is 17.6 Å². The monoisotopic (exact) mass is 592 g/mol. The van der Waals surface area contributed by atoms with Gasteiger partial charge in [0.2, 0.25) is 0 Å². The van der Waals surface area contributed by atoms with Gasteiger partial charge in [-0.1, -0.05) is 113 Å². The van der Waals surface area contributed by atoms with Gasteiger partial charge in [0.05, 0.1) is 5.16 Å². The zero-order valence-corrected chi connectivity index (χ0v) is 29.3. The second-order valence-corrected chi connectivity index (χ2v) is 16.9. The fraction of sp³-hybridized carbons (Fsp3) is 1.00. The van der Waals surface area contributed by atoms with Crippen molar-refractivity contribution in [3.63, 3.8) is 0 Å². The Morgan fingerprint density at radius 1 is 0.333 bits per heavy atom. The van der Waals surface area contributed by atoms with Crippen LogP contribution >= 0.6 is 0 Å². The quantitative estimate of drug-likeness (QED) is 0.0590. The number of hydrogen-bond donors (Lipinski definition) is 0. The summed E-state index contributed by atoms with van der Waals surface area (Å²) in [6, 6.07) is 0. The molecule has 0 bridgehead atoms. The van der Waals surface area contributed by atoms with Crippen LogP contribution in [0.15, 0.2) is 0 Å². The van der Waals surface area contributed by atoms with Crippen molar-refractivity contribution in [1.82, 2.24) is 0 Å². The highest BCUT2D eigenvalue weighted by atomic mass is 28.5. The second kappa shape index (κ2) is 27.1. The van der Waals surface area contributed by atoms with E-state index in [1.165, 1.54) is 19.3 Å². The summed E-state index contributed by atoms with van der Waals surface area (Å²) < 4.78 is 41.4. The molecule has 0 fully saturated rings. The van der Waals surface area contributed by atoms with Gasteiger partial charge in [-0.05, 0) is 44.9 Å². The Balaban J connectivity index is 6.78. The van der Waals surface area contributed by atoms with Gasteiger partial charge in [-0.25, -0.2) is 0 Å². The maximum atomic E-state index is 6.90. The first-order chi connectivity index (χ1) is 19.1. The van der Waals surface area contributed by atoms with Crippen LogP contribution in [0.1, 0.15) is 158 Å². The molecule has 0 aromatic rings. The Morgan fingerprint density at radius 2 is 0.590 bits per heavy atom. The highest BCUT2D eigenvalue weighted by Crippen LogP contribution is 2.42. The van der Waals surface area contributed by atoms with Crippen molar-refractivity contribution in [3.05, 3.63) is 0 Å². The summed E-state index contributed by atoms with van der Waals surface area (Å²) in [4.78, 5) is 0. The Labute approximate surface area is 246 Å². The summed E-state index contributed by atoms with van der Waals surface area (Å²) in [5.41, 5.74) is 0. The molecule has 0 aliphatic heterocycles. The van der Waals surface area contributed by atoms with Crippen molar-refractivity contribution in [3.8, 4) is 0 Å². The van der Waals surface area contributed by atoms with E-state index >= 15 is 0 Å². The molecule has 0 aromatic heterocycles. The predicted octanol–water partition coefficient (Wildman–Crippen LogP) is 9.64. The lowest BCUT2D eigenvalue weighted by molar-refractivity contribution is 0.0179. The van der Waals surface area contributed by atoms with Crippen LogP contribution in [0.25, 0.3) is 0 Å². The summed E-state index contributed by atoms with van der Waals surface area (Å²) >= 11 is 0. The van der Waals surface area contributed by atoms with E-state index in [1.54, 1.807) is 0 Å². The van der Waals surface area contributed by atoms with E-state index in [-0.39, 0.29) is 5.16 Å². The molecule has 6 nitrogen and oxygen atoms in total. The lowest BCUT2D eigenvalue weighted by Crippen LogP contribution is -2.64. The summed E-state index contributed by atoms with van der Waals surface area (Å²) in [7, 11) is -6.45. The van der Waals surface area contributed by atoms with Crippen molar-refractivity contribution in [2.24, 2.45) is 0 Å². The third-order valence-electron chi connectivity index (χ3n) is 7.01. The van der Waals surface area contributed by atoms with Crippen LogP contribution < -0.4 is 0 Å². The third kappa shape index (κ3) is 17.0. The minimum Gasteiger partial charge on any atom is -0.373 e. The van der Waals surface area contributed by atoms with Crippen molar-refractivity contribution in [2.45, 2.75) is 163 Å². The molecule has 8 heteroatoms. The highest BCUT2D eigenvalue weighted by Gasteiger charge is 2.65. The predicted molar refractivity (Wildman–Crippen MR) is 169 cm³/mol. The van der Waals surface area contributed by atoms with Gasteiger partial charge < -0.3 is 26.6 Å². The van der Waals surface area contributed by atoms with Crippen molar-refractivity contribution < 1.29 is 26.6 Å². The normalized spacial score (nSPS) is 12.6. The first kappa shape index (κ1) is 39.2. The molecule has 39 heavy (non-hydrogen) atoms. The average molecular weight is 593 g/mol. The van der Waals surface area contributed by atoms with Gasteiger partial charge in [0.25, 0.3) is 0 Å². The van der Waals surface area contributed by atoms with Crippen LogP contribution in [0, 0.1) is 0 Å². The van der Waals surface area contributed by atoms with E-state index in [4.69, 9.17) is 26.6 Å². The molecule has 0 radical (unpaired) electrons. The zero-order chi connectivity index (χ0) is 29.1. The lowest BCUT2D eigenvalue weighted by atomic mass is 10.2. The molecule has 0 saturated heterocycles. The molecule has 0 N–H and O–H groups in total. The van der Waals surface area contributed by atoms with E-state index in [9.17, 15) is 0 Å². The van der Waals surface area contributed by atoms with Gasteiger partial charge in [-0.2, -0.15) is 0 Å². The van der Waals surface area contributed by atoms with E-state index in [1.807, 2.05) is 0 Å². The fourth-order valence-electron chi connectivity index (χ4n) is 4.35. The fourth-order valence-corrected chi connectivity index (χ4v) is 13.0. The minimum absolute atomic E-state index is 0.0991. The molecule has 0 amide bonds. The van der Waals surface area contributed by atoms with Gasteiger partial charge in [-0.15, -0.1) is 0 Å². The van der Waals surface area contributed by atoms with Crippen LogP contribution in [-0.2, 0) is 26.6 Å². The molecular weight excluding hydrogens is 525 g/mol. The molecule has 0 unspecified atom stereocenters. The topological polar surface area (TPSA) is 55.4 Å². The molecule has 0 heterocycles. The van der Waals surface area contributed by atoms with Crippen LogP contribution in [0.2, 0.25) is 5.16 Å². The first-order valence-corrected chi connectivity index (χ1v) is 20.5. The highest BCUT2D eigenvalue weighted by molar-refractivity contribution is 6.82. The second-order valence-electron chi connectivity index (χ2n) is 10.8. The van der Waals surface area contributed by atoms with Crippen LogP contribution in [0.5, 0.6) is 0 Å². The Morgan fingerprint density at radius 3 is 0.821 bits per heavy atom. The molecule has 0 rings (SSSR count).